The van der Waals surface area contributed by atoms with Crippen molar-refractivity contribution >= 4 is 5.69 Å². The molecular weight excluding hydrogens is 214 g/mol. The quantitative estimate of drug-likeness (QED) is 0.875. The second-order valence-corrected chi connectivity index (χ2v) is 4.46. The maximum absolute atomic E-state index is 5.32. The van der Waals surface area contributed by atoms with Crippen molar-refractivity contribution in [1.82, 2.24) is 10.1 Å². The van der Waals surface area contributed by atoms with Gasteiger partial charge in [0.1, 0.15) is 0 Å². The van der Waals surface area contributed by atoms with E-state index in [-0.39, 0.29) is 0 Å². The molecule has 17 heavy (non-hydrogen) atoms. The van der Waals surface area contributed by atoms with Crippen molar-refractivity contribution in [2.45, 2.75) is 19.3 Å². The van der Waals surface area contributed by atoms with Crippen LogP contribution in [0, 0.1) is 5.92 Å². The molecule has 88 valence electrons. The molecule has 4 heteroatoms. The van der Waals surface area contributed by atoms with E-state index in [1.807, 2.05) is 31.3 Å². The van der Waals surface area contributed by atoms with Gasteiger partial charge in [-0.1, -0.05) is 17.3 Å². The number of nitrogens with zero attached hydrogens (tertiary/aromatic N) is 2. The van der Waals surface area contributed by atoms with E-state index in [2.05, 4.69) is 15.5 Å². The highest BCUT2D eigenvalue weighted by Gasteiger charge is 2.24. The molecule has 1 saturated carbocycles. The number of para-hydroxylation sites is 1. The van der Waals surface area contributed by atoms with Crippen LogP contribution in [0.5, 0.6) is 0 Å². The van der Waals surface area contributed by atoms with Gasteiger partial charge in [-0.2, -0.15) is 4.98 Å². The topological polar surface area (TPSA) is 51.0 Å². The van der Waals surface area contributed by atoms with E-state index >= 15 is 0 Å². The molecule has 1 N–H and O–H groups in total. The summed E-state index contributed by atoms with van der Waals surface area (Å²) in [6.07, 6.45) is 3.55. The zero-order valence-electron chi connectivity index (χ0n) is 9.81. The Labute approximate surface area is 100 Å². The minimum atomic E-state index is 0.602. The lowest BCUT2D eigenvalue weighted by molar-refractivity contribution is 0.421. The molecule has 0 saturated heterocycles. The first-order valence-electron chi connectivity index (χ1n) is 5.96. The molecule has 0 amide bonds. The van der Waals surface area contributed by atoms with Crippen molar-refractivity contribution in [2.75, 3.05) is 12.4 Å². The zero-order chi connectivity index (χ0) is 11.7. The van der Waals surface area contributed by atoms with Crippen molar-refractivity contribution in [3.05, 3.63) is 30.1 Å². The van der Waals surface area contributed by atoms with Crippen molar-refractivity contribution in [1.29, 1.82) is 0 Å². The van der Waals surface area contributed by atoms with Crippen LogP contribution in [0.1, 0.15) is 18.7 Å². The number of anilines is 1. The molecule has 2 aromatic rings. The fourth-order valence-corrected chi connectivity index (χ4v) is 1.91. The van der Waals surface area contributed by atoms with Gasteiger partial charge >= 0.3 is 0 Å². The summed E-state index contributed by atoms with van der Waals surface area (Å²) < 4.78 is 5.32. The highest BCUT2D eigenvalue weighted by molar-refractivity contribution is 5.71. The third-order valence-electron chi connectivity index (χ3n) is 3.06. The van der Waals surface area contributed by atoms with E-state index < -0.39 is 0 Å². The summed E-state index contributed by atoms with van der Waals surface area (Å²) in [5.41, 5.74) is 1.97. The molecule has 0 aliphatic heterocycles. The highest BCUT2D eigenvalue weighted by atomic mass is 16.5. The number of hydrogen-bond acceptors (Lipinski definition) is 4. The first-order valence-corrected chi connectivity index (χ1v) is 5.96. The number of aromatic nitrogens is 2. The lowest BCUT2D eigenvalue weighted by Crippen LogP contribution is -1.92. The Hall–Kier alpha value is -1.84. The maximum atomic E-state index is 5.32. The van der Waals surface area contributed by atoms with E-state index in [4.69, 9.17) is 4.52 Å². The molecule has 1 heterocycles. The first-order chi connectivity index (χ1) is 8.36. The predicted octanol–water partition coefficient (Wildman–Crippen LogP) is 2.73. The second-order valence-electron chi connectivity index (χ2n) is 4.46. The first kappa shape index (κ1) is 10.3. The normalized spacial score (nSPS) is 14.9. The number of nitrogens with one attached hydrogen (secondary N) is 1. The summed E-state index contributed by atoms with van der Waals surface area (Å²) in [4.78, 5) is 4.45. The maximum Gasteiger partial charge on any atom is 0.260 e. The van der Waals surface area contributed by atoms with Gasteiger partial charge in [-0.3, -0.25) is 0 Å². The van der Waals surface area contributed by atoms with Gasteiger partial charge in [-0.15, -0.1) is 0 Å². The zero-order valence-corrected chi connectivity index (χ0v) is 9.81. The fraction of sp³-hybridized carbons (Fsp3) is 0.385. The van der Waals surface area contributed by atoms with Gasteiger partial charge in [0.25, 0.3) is 5.89 Å². The van der Waals surface area contributed by atoms with Gasteiger partial charge in [0.05, 0.1) is 5.56 Å². The summed E-state index contributed by atoms with van der Waals surface area (Å²) >= 11 is 0. The minimum absolute atomic E-state index is 0.602. The Kier molecular flexibility index (Phi) is 2.55. The molecule has 0 unspecified atom stereocenters. The molecular formula is C13H15N3O. The van der Waals surface area contributed by atoms with Crippen molar-refractivity contribution in [3.8, 4) is 11.5 Å². The fourth-order valence-electron chi connectivity index (χ4n) is 1.91. The van der Waals surface area contributed by atoms with Gasteiger partial charge in [-0.05, 0) is 30.9 Å². The molecule has 1 aliphatic carbocycles. The van der Waals surface area contributed by atoms with Gasteiger partial charge in [0, 0.05) is 19.2 Å². The summed E-state index contributed by atoms with van der Waals surface area (Å²) in [5.74, 6) is 2.21. The largest absolute Gasteiger partial charge is 0.387 e. The van der Waals surface area contributed by atoms with Crippen LogP contribution < -0.4 is 5.32 Å². The summed E-state index contributed by atoms with van der Waals surface area (Å²) in [7, 11) is 1.89. The van der Waals surface area contributed by atoms with Crippen LogP contribution in [-0.2, 0) is 6.42 Å². The van der Waals surface area contributed by atoms with Gasteiger partial charge in [-0.25, -0.2) is 0 Å². The summed E-state index contributed by atoms with van der Waals surface area (Å²) in [6, 6.07) is 7.94. The molecule has 1 aromatic heterocycles. The smallest absolute Gasteiger partial charge is 0.260 e. The summed E-state index contributed by atoms with van der Waals surface area (Å²) in [6.45, 7) is 0. The number of hydrogen-bond donors (Lipinski definition) is 1. The average molecular weight is 229 g/mol. The minimum Gasteiger partial charge on any atom is -0.387 e. The number of rotatable bonds is 4. The Balaban J connectivity index is 1.88. The molecule has 0 atom stereocenters. The van der Waals surface area contributed by atoms with E-state index in [1.165, 1.54) is 12.8 Å². The molecule has 3 rings (SSSR count). The van der Waals surface area contributed by atoms with Crippen molar-refractivity contribution in [2.24, 2.45) is 5.92 Å². The predicted molar refractivity (Wildman–Crippen MR) is 65.7 cm³/mol. The molecule has 0 bridgehead atoms. The van der Waals surface area contributed by atoms with Crippen LogP contribution in [0.2, 0.25) is 0 Å². The number of benzene rings is 1. The van der Waals surface area contributed by atoms with Crippen molar-refractivity contribution in [3.63, 3.8) is 0 Å². The Morgan fingerprint density at radius 3 is 2.94 bits per heavy atom. The Bertz CT molecular complexity index is 517. The standard InChI is InChI=1S/C13H15N3O/c1-14-11-5-3-2-4-10(11)13-15-12(16-17-13)8-9-6-7-9/h2-5,9,14H,6-8H2,1H3. The van der Waals surface area contributed by atoms with Crippen molar-refractivity contribution < 1.29 is 4.52 Å². The lowest BCUT2D eigenvalue weighted by Gasteiger charge is -2.03. The molecule has 4 nitrogen and oxygen atoms in total. The van der Waals surface area contributed by atoms with Crippen LogP contribution in [0.25, 0.3) is 11.5 Å². The van der Waals surface area contributed by atoms with Gasteiger partial charge in [0.15, 0.2) is 5.82 Å². The van der Waals surface area contributed by atoms with E-state index in [1.54, 1.807) is 0 Å². The highest BCUT2D eigenvalue weighted by Crippen LogP contribution is 2.32. The molecule has 1 aliphatic rings. The monoisotopic (exact) mass is 229 g/mol. The van der Waals surface area contributed by atoms with E-state index in [0.717, 1.165) is 29.4 Å². The molecule has 1 aromatic carbocycles. The van der Waals surface area contributed by atoms with Crippen LogP contribution >= 0.6 is 0 Å². The second kappa shape index (κ2) is 4.20. The van der Waals surface area contributed by atoms with E-state index in [9.17, 15) is 0 Å². The van der Waals surface area contributed by atoms with Crippen LogP contribution in [0.15, 0.2) is 28.8 Å². The van der Waals surface area contributed by atoms with Crippen LogP contribution in [0.4, 0.5) is 5.69 Å². The Morgan fingerprint density at radius 1 is 1.35 bits per heavy atom. The van der Waals surface area contributed by atoms with Crippen LogP contribution in [0.3, 0.4) is 0 Å². The molecule has 0 spiro atoms. The molecule has 1 fully saturated rings. The third kappa shape index (κ3) is 2.16. The third-order valence-corrected chi connectivity index (χ3v) is 3.06. The molecule has 0 radical (unpaired) electrons. The summed E-state index contributed by atoms with van der Waals surface area (Å²) in [5, 5.41) is 7.16. The lowest BCUT2D eigenvalue weighted by atomic mass is 10.2. The SMILES string of the molecule is CNc1ccccc1-c1nc(CC2CC2)no1. The van der Waals surface area contributed by atoms with Crippen LogP contribution in [-0.4, -0.2) is 17.2 Å². The van der Waals surface area contributed by atoms with Gasteiger partial charge < -0.3 is 9.84 Å². The van der Waals surface area contributed by atoms with E-state index in [0.29, 0.717) is 5.89 Å². The average Bonchev–Trinajstić information content (AvgIpc) is 3.05. The van der Waals surface area contributed by atoms with Gasteiger partial charge in [0.2, 0.25) is 0 Å². The Morgan fingerprint density at radius 2 is 2.18 bits per heavy atom.